The van der Waals surface area contributed by atoms with Gasteiger partial charge in [0.1, 0.15) is 5.82 Å². The molecule has 0 fully saturated rings. The van der Waals surface area contributed by atoms with E-state index in [-0.39, 0.29) is 18.7 Å². The molecule has 0 amide bonds. The second-order valence-electron chi connectivity index (χ2n) is 2.71. The van der Waals surface area contributed by atoms with Gasteiger partial charge < -0.3 is 4.74 Å². The van der Waals surface area contributed by atoms with Crippen LogP contribution in [0, 0.1) is 5.82 Å². The zero-order valence-corrected chi connectivity index (χ0v) is 7.40. The summed E-state index contributed by atoms with van der Waals surface area (Å²) in [5.74, 6) is -0.895. The van der Waals surface area contributed by atoms with Crippen molar-refractivity contribution >= 4 is 12.4 Å². The van der Waals surface area contributed by atoms with Crippen molar-refractivity contribution in [2.24, 2.45) is 0 Å². The first-order valence-corrected chi connectivity index (χ1v) is 4.10. The largest absolute Gasteiger partial charge is 0.395 e. The van der Waals surface area contributed by atoms with Crippen molar-refractivity contribution in [3.8, 4) is 0 Å². The Morgan fingerprint density at radius 1 is 1.36 bits per heavy atom. The number of ether oxygens (including phenoxy) is 1. The van der Waals surface area contributed by atoms with Crippen LogP contribution in [0.1, 0.15) is 12.0 Å². The fraction of sp³-hybridized carbons (Fsp3) is 0.200. The van der Waals surface area contributed by atoms with Gasteiger partial charge in [0.05, 0.1) is 6.42 Å². The summed E-state index contributed by atoms with van der Waals surface area (Å²) >= 11 is 0. The molecule has 74 valence electrons. The second-order valence-corrected chi connectivity index (χ2v) is 2.71. The zero-order chi connectivity index (χ0) is 10.4. The molecular weight excluding hydrogens is 187 g/mol. The quantitative estimate of drug-likeness (QED) is 0.416. The maximum atomic E-state index is 12.5. The molecule has 0 aliphatic heterocycles. The van der Waals surface area contributed by atoms with Gasteiger partial charge in [0.15, 0.2) is 0 Å². The Balaban J connectivity index is 2.41. The number of halogens is 1. The molecule has 0 N–H and O–H groups in total. The monoisotopic (exact) mass is 196 g/mol. The predicted molar refractivity (Wildman–Crippen MR) is 46.9 cm³/mol. The predicted octanol–water partition coefficient (Wildman–Crippen LogP) is 1.46. The van der Waals surface area contributed by atoms with Crippen LogP contribution in [-0.4, -0.2) is 12.4 Å². The van der Waals surface area contributed by atoms with Crippen molar-refractivity contribution in [2.45, 2.75) is 12.8 Å². The van der Waals surface area contributed by atoms with Gasteiger partial charge in [0, 0.05) is 0 Å². The van der Waals surface area contributed by atoms with Gasteiger partial charge in [-0.3, -0.25) is 9.59 Å². The van der Waals surface area contributed by atoms with Crippen molar-refractivity contribution in [2.75, 3.05) is 0 Å². The molecule has 0 atom stereocenters. The molecule has 0 aromatic heterocycles. The molecule has 0 spiro atoms. The Morgan fingerprint density at radius 3 is 2.57 bits per heavy atom. The van der Waals surface area contributed by atoms with E-state index < -0.39 is 5.97 Å². The third-order valence-corrected chi connectivity index (χ3v) is 1.71. The number of benzene rings is 1. The Labute approximate surface area is 80.5 Å². The van der Waals surface area contributed by atoms with Crippen LogP contribution in [0.2, 0.25) is 0 Å². The van der Waals surface area contributed by atoms with Crippen LogP contribution in [-0.2, 0) is 20.7 Å². The highest BCUT2D eigenvalue weighted by Gasteiger charge is 2.02. The fourth-order valence-electron chi connectivity index (χ4n) is 1.01. The molecule has 0 unspecified atom stereocenters. The minimum Gasteiger partial charge on any atom is -0.395 e. The van der Waals surface area contributed by atoms with Crippen LogP contribution in [0.5, 0.6) is 0 Å². The number of carbonyl (C=O) groups is 2. The average molecular weight is 196 g/mol. The summed E-state index contributed by atoms with van der Waals surface area (Å²) in [6.45, 7) is 0.104. The van der Waals surface area contributed by atoms with Gasteiger partial charge in [0.25, 0.3) is 0 Å². The van der Waals surface area contributed by atoms with Gasteiger partial charge in [-0.05, 0) is 24.1 Å². The van der Waals surface area contributed by atoms with E-state index in [1.807, 2.05) is 0 Å². The van der Waals surface area contributed by atoms with Crippen LogP contribution >= 0.6 is 0 Å². The van der Waals surface area contributed by atoms with Crippen LogP contribution in [0.25, 0.3) is 0 Å². The lowest BCUT2D eigenvalue weighted by atomic mass is 10.1. The summed E-state index contributed by atoms with van der Waals surface area (Å²) in [5, 5.41) is 0. The standard InChI is InChI=1S/C10H9FO3/c11-9-4-1-8(2-5-9)3-6-10(13)14-7-12/h1-2,4-5,7H,3,6H2. The van der Waals surface area contributed by atoms with E-state index in [0.29, 0.717) is 6.42 Å². The molecule has 0 aliphatic carbocycles. The van der Waals surface area contributed by atoms with E-state index in [0.717, 1.165) is 5.56 Å². The minimum absolute atomic E-state index is 0.104. The van der Waals surface area contributed by atoms with Gasteiger partial charge in [0.2, 0.25) is 0 Å². The molecule has 0 saturated carbocycles. The van der Waals surface area contributed by atoms with Gasteiger partial charge in [-0.25, -0.2) is 4.39 Å². The molecule has 0 saturated heterocycles. The fourth-order valence-corrected chi connectivity index (χ4v) is 1.01. The highest BCUT2D eigenvalue weighted by atomic mass is 19.1. The molecule has 0 heterocycles. The smallest absolute Gasteiger partial charge is 0.313 e. The van der Waals surface area contributed by atoms with Crippen LogP contribution in [0.3, 0.4) is 0 Å². The SMILES string of the molecule is O=COC(=O)CCc1ccc(F)cc1. The minimum atomic E-state index is -0.579. The van der Waals surface area contributed by atoms with E-state index in [1.54, 1.807) is 12.1 Å². The van der Waals surface area contributed by atoms with Crippen molar-refractivity contribution in [3.63, 3.8) is 0 Å². The van der Waals surface area contributed by atoms with Crippen molar-refractivity contribution in [1.29, 1.82) is 0 Å². The molecule has 3 nitrogen and oxygen atoms in total. The molecule has 1 rings (SSSR count). The zero-order valence-electron chi connectivity index (χ0n) is 7.40. The van der Waals surface area contributed by atoms with E-state index in [1.165, 1.54) is 12.1 Å². The van der Waals surface area contributed by atoms with Gasteiger partial charge in [-0.15, -0.1) is 0 Å². The number of rotatable bonds is 4. The van der Waals surface area contributed by atoms with E-state index in [9.17, 15) is 14.0 Å². The Bertz CT molecular complexity index is 319. The maximum Gasteiger partial charge on any atom is 0.313 e. The Hall–Kier alpha value is -1.71. The normalized spacial score (nSPS) is 9.50. The molecule has 14 heavy (non-hydrogen) atoms. The topological polar surface area (TPSA) is 43.4 Å². The van der Waals surface area contributed by atoms with Gasteiger partial charge in [-0.1, -0.05) is 12.1 Å². The number of esters is 1. The van der Waals surface area contributed by atoms with Crippen LogP contribution in [0.4, 0.5) is 4.39 Å². The number of hydrogen-bond acceptors (Lipinski definition) is 3. The molecule has 4 heteroatoms. The Morgan fingerprint density at radius 2 is 2.00 bits per heavy atom. The highest BCUT2D eigenvalue weighted by molar-refractivity contribution is 5.76. The molecule has 0 radical (unpaired) electrons. The molecular formula is C10H9FO3. The van der Waals surface area contributed by atoms with Gasteiger partial charge in [-0.2, -0.15) is 0 Å². The first-order chi connectivity index (χ1) is 6.72. The van der Waals surface area contributed by atoms with E-state index >= 15 is 0 Å². The highest BCUT2D eigenvalue weighted by Crippen LogP contribution is 2.05. The Kier molecular flexibility index (Phi) is 3.79. The first kappa shape index (κ1) is 10.4. The molecule has 0 bridgehead atoms. The second kappa shape index (κ2) is 5.11. The summed E-state index contributed by atoms with van der Waals surface area (Å²) in [6.07, 6.45) is 0.553. The van der Waals surface area contributed by atoms with Crippen molar-refractivity contribution in [1.82, 2.24) is 0 Å². The summed E-state index contributed by atoms with van der Waals surface area (Å²) in [4.78, 5) is 20.5. The maximum absolute atomic E-state index is 12.5. The summed E-state index contributed by atoms with van der Waals surface area (Å²) in [5.41, 5.74) is 0.828. The van der Waals surface area contributed by atoms with E-state index in [2.05, 4.69) is 4.74 Å². The third kappa shape index (κ3) is 3.35. The number of hydrogen-bond donors (Lipinski definition) is 0. The number of aryl methyl sites for hydroxylation is 1. The lowest BCUT2D eigenvalue weighted by Gasteiger charge is -1.98. The first-order valence-electron chi connectivity index (χ1n) is 4.10. The lowest BCUT2D eigenvalue weighted by molar-refractivity contribution is -0.151. The molecule has 0 aliphatic rings. The van der Waals surface area contributed by atoms with Crippen LogP contribution in [0.15, 0.2) is 24.3 Å². The van der Waals surface area contributed by atoms with Crippen LogP contribution < -0.4 is 0 Å². The van der Waals surface area contributed by atoms with Gasteiger partial charge >= 0.3 is 12.4 Å². The summed E-state index contributed by atoms with van der Waals surface area (Å²) in [6, 6.07) is 5.81. The van der Waals surface area contributed by atoms with Crippen molar-refractivity contribution < 1.29 is 18.7 Å². The number of carbonyl (C=O) groups excluding carboxylic acids is 2. The molecule has 1 aromatic rings. The van der Waals surface area contributed by atoms with E-state index in [4.69, 9.17) is 0 Å². The summed E-state index contributed by atoms with van der Waals surface area (Å²) in [7, 11) is 0. The average Bonchev–Trinajstić information content (AvgIpc) is 2.17. The lowest BCUT2D eigenvalue weighted by Crippen LogP contribution is -2.03. The summed E-state index contributed by atoms with van der Waals surface area (Å²) < 4.78 is 16.6. The molecule has 1 aromatic carbocycles. The van der Waals surface area contributed by atoms with Crippen molar-refractivity contribution in [3.05, 3.63) is 35.6 Å². The third-order valence-electron chi connectivity index (χ3n) is 1.71.